The fourth-order valence-electron chi connectivity index (χ4n) is 2.26. The van der Waals surface area contributed by atoms with Gasteiger partial charge in [0.2, 0.25) is 0 Å². The first-order chi connectivity index (χ1) is 6.25. The van der Waals surface area contributed by atoms with Gasteiger partial charge in [-0.3, -0.25) is 0 Å². The zero-order valence-corrected chi connectivity index (χ0v) is 8.46. The number of rotatable bonds is 4. The minimum absolute atomic E-state index is 0.0612. The summed E-state index contributed by atoms with van der Waals surface area (Å²) in [5.74, 6) is 0. The van der Waals surface area contributed by atoms with E-state index in [4.69, 9.17) is 10.5 Å². The molecule has 1 saturated carbocycles. The predicted octanol–water partition coefficient (Wildman–Crippen LogP) is 0.903. The summed E-state index contributed by atoms with van der Waals surface area (Å²) in [4.78, 5) is 0. The first kappa shape index (κ1) is 11.0. The van der Waals surface area contributed by atoms with Gasteiger partial charge in [0, 0.05) is 19.1 Å². The van der Waals surface area contributed by atoms with E-state index in [0.717, 1.165) is 12.8 Å². The van der Waals surface area contributed by atoms with Gasteiger partial charge in [-0.15, -0.1) is 0 Å². The van der Waals surface area contributed by atoms with Crippen LogP contribution in [0.3, 0.4) is 0 Å². The van der Waals surface area contributed by atoms with E-state index in [9.17, 15) is 5.11 Å². The van der Waals surface area contributed by atoms with Crippen LogP contribution in [0.15, 0.2) is 0 Å². The van der Waals surface area contributed by atoms with Gasteiger partial charge in [0.1, 0.15) is 0 Å². The Morgan fingerprint density at radius 3 is 2.46 bits per heavy atom. The van der Waals surface area contributed by atoms with Gasteiger partial charge in [-0.1, -0.05) is 19.3 Å². The summed E-state index contributed by atoms with van der Waals surface area (Å²) in [6.07, 6.45) is 5.38. The molecule has 1 unspecified atom stereocenters. The van der Waals surface area contributed by atoms with E-state index in [0.29, 0.717) is 13.2 Å². The number of hydrogen-bond donors (Lipinski definition) is 2. The topological polar surface area (TPSA) is 55.5 Å². The highest BCUT2D eigenvalue weighted by Gasteiger charge is 2.37. The van der Waals surface area contributed by atoms with Crippen LogP contribution in [-0.2, 0) is 4.74 Å². The van der Waals surface area contributed by atoms with Crippen molar-refractivity contribution in [3.8, 4) is 0 Å². The van der Waals surface area contributed by atoms with Crippen LogP contribution in [0, 0.1) is 5.41 Å². The Morgan fingerprint density at radius 2 is 2.00 bits per heavy atom. The fraction of sp³-hybridized carbons (Fsp3) is 1.00. The quantitative estimate of drug-likeness (QED) is 0.687. The van der Waals surface area contributed by atoms with Crippen LogP contribution in [0.2, 0.25) is 0 Å². The molecule has 0 aliphatic heterocycles. The third-order valence-electron chi connectivity index (χ3n) is 3.29. The first-order valence-electron chi connectivity index (χ1n) is 5.12. The predicted molar refractivity (Wildman–Crippen MR) is 52.5 cm³/mol. The lowest BCUT2D eigenvalue weighted by Gasteiger charge is -2.39. The van der Waals surface area contributed by atoms with E-state index in [1.807, 2.05) is 0 Å². The highest BCUT2D eigenvalue weighted by molar-refractivity contribution is 4.89. The highest BCUT2D eigenvalue weighted by atomic mass is 16.5. The van der Waals surface area contributed by atoms with Gasteiger partial charge in [-0.05, 0) is 12.8 Å². The van der Waals surface area contributed by atoms with Crippen molar-refractivity contribution in [2.45, 2.75) is 38.2 Å². The van der Waals surface area contributed by atoms with Crippen molar-refractivity contribution in [2.75, 3.05) is 20.3 Å². The molecule has 0 saturated heterocycles. The molecule has 3 N–H and O–H groups in total. The maximum Gasteiger partial charge on any atom is 0.0841 e. The monoisotopic (exact) mass is 187 g/mol. The first-order valence-corrected chi connectivity index (χ1v) is 5.12. The molecule has 0 heterocycles. The Morgan fingerprint density at radius 1 is 1.38 bits per heavy atom. The third-order valence-corrected chi connectivity index (χ3v) is 3.29. The molecule has 1 aliphatic rings. The van der Waals surface area contributed by atoms with E-state index < -0.39 is 0 Å². The van der Waals surface area contributed by atoms with Crippen LogP contribution >= 0.6 is 0 Å². The van der Waals surface area contributed by atoms with Crippen molar-refractivity contribution < 1.29 is 9.84 Å². The van der Waals surface area contributed by atoms with Crippen molar-refractivity contribution in [1.29, 1.82) is 0 Å². The number of aliphatic hydroxyl groups is 1. The summed E-state index contributed by atoms with van der Waals surface area (Å²) in [5, 5.41) is 9.92. The van der Waals surface area contributed by atoms with Gasteiger partial charge in [0.05, 0.1) is 12.7 Å². The Labute approximate surface area is 80.3 Å². The second kappa shape index (κ2) is 4.94. The Kier molecular flexibility index (Phi) is 4.16. The largest absolute Gasteiger partial charge is 0.390 e. The number of hydrogen-bond acceptors (Lipinski definition) is 3. The SMILES string of the molecule is COCC(O)C1(CN)CCCCC1. The van der Waals surface area contributed by atoms with E-state index in [1.165, 1.54) is 19.3 Å². The summed E-state index contributed by atoms with van der Waals surface area (Å²) < 4.78 is 4.98. The smallest absolute Gasteiger partial charge is 0.0841 e. The van der Waals surface area contributed by atoms with E-state index in [1.54, 1.807) is 7.11 Å². The Balaban J connectivity index is 2.55. The molecular formula is C10H21NO2. The molecule has 0 amide bonds. The van der Waals surface area contributed by atoms with Crippen LogP contribution in [0.25, 0.3) is 0 Å². The van der Waals surface area contributed by atoms with Crippen LogP contribution in [0.5, 0.6) is 0 Å². The van der Waals surface area contributed by atoms with Crippen LogP contribution in [-0.4, -0.2) is 31.5 Å². The maximum atomic E-state index is 9.92. The minimum Gasteiger partial charge on any atom is -0.390 e. The van der Waals surface area contributed by atoms with Gasteiger partial charge >= 0.3 is 0 Å². The number of ether oxygens (including phenoxy) is 1. The van der Waals surface area contributed by atoms with E-state index >= 15 is 0 Å². The average Bonchev–Trinajstić information content (AvgIpc) is 2.19. The van der Waals surface area contributed by atoms with Crippen LogP contribution in [0.1, 0.15) is 32.1 Å². The lowest BCUT2D eigenvalue weighted by Crippen LogP contribution is -2.45. The van der Waals surface area contributed by atoms with Crippen molar-refractivity contribution >= 4 is 0 Å². The highest BCUT2D eigenvalue weighted by Crippen LogP contribution is 2.38. The molecule has 1 aliphatic carbocycles. The molecule has 13 heavy (non-hydrogen) atoms. The van der Waals surface area contributed by atoms with Crippen LogP contribution in [0.4, 0.5) is 0 Å². The normalized spacial score (nSPS) is 24.2. The van der Waals surface area contributed by atoms with Crippen LogP contribution < -0.4 is 5.73 Å². The average molecular weight is 187 g/mol. The molecule has 1 fully saturated rings. The number of aliphatic hydroxyl groups excluding tert-OH is 1. The molecule has 0 bridgehead atoms. The third kappa shape index (κ3) is 2.42. The van der Waals surface area contributed by atoms with Crippen molar-refractivity contribution in [2.24, 2.45) is 11.1 Å². The van der Waals surface area contributed by atoms with Crippen molar-refractivity contribution in [3.05, 3.63) is 0 Å². The van der Waals surface area contributed by atoms with Gasteiger partial charge < -0.3 is 15.6 Å². The molecule has 0 radical (unpaired) electrons. The lowest BCUT2D eigenvalue weighted by atomic mass is 9.70. The fourth-order valence-corrected chi connectivity index (χ4v) is 2.26. The maximum absolute atomic E-state index is 9.92. The van der Waals surface area contributed by atoms with E-state index in [2.05, 4.69) is 0 Å². The minimum atomic E-state index is -0.386. The number of nitrogens with two attached hydrogens (primary N) is 1. The molecule has 3 heteroatoms. The van der Waals surface area contributed by atoms with E-state index in [-0.39, 0.29) is 11.5 Å². The molecule has 0 aromatic heterocycles. The molecule has 78 valence electrons. The number of methoxy groups -OCH3 is 1. The Hall–Kier alpha value is -0.120. The van der Waals surface area contributed by atoms with Gasteiger partial charge in [-0.2, -0.15) is 0 Å². The standard InChI is InChI=1S/C10H21NO2/c1-13-7-9(12)10(8-11)5-3-2-4-6-10/h9,12H,2-8,11H2,1H3. The molecule has 1 atom stereocenters. The molecule has 0 aromatic carbocycles. The van der Waals surface area contributed by atoms with Crippen molar-refractivity contribution in [3.63, 3.8) is 0 Å². The second-order valence-electron chi connectivity index (χ2n) is 4.10. The zero-order chi connectivity index (χ0) is 9.73. The summed E-state index contributed by atoms with van der Waals surface area (Å²) in [6, 6.07) is 0. The van der Waals surface area contributed by atoms with Gasteiger partial charge in [0.25, 0.3) is 0 Å². The summed E-state index contributed by atoms with van der Waals surface area (Å²) in [7, 11) is 1.62. The summed E-state index contributed by atoms with van der Waals surface area (Å²) >= 11 is 0. The summed E-state index contributed by atoms with van der Waals surface area (Å²) in [6.45, 7) is 0.995. The van der Waals surface area contributed by atoms with Crippen molar-refractivity contribution in [1.82, 2.24) is 0 Å². The van der Waals surface area contributed by atoms with Gasteiger partial charge in [0.15, 0.2) is 0 Å². The molecule has 1 rings (SSSR count). The molecule has 0 spiro atoms. The zero-order valence-electron chi connectivity index (χ0n) is 8.46. The second-order valence-corrected chi connectivity index (χ2v) is 4.10. The Bertz CT molecular complexity index is 144. The molecule has 3 nitrogen and oxygen atoms in total. The van der Waals surface area contributed by atoms with Gasteiger partial charge in [-0.25, -0.2) is 0 Å². The summed E-state index contributed by atoms with van der Waals surface area (Å²) in [5.41, 5.74) is 5.69. The molecular weight excluding hydrogens is 166 g/mol. The molecule has 0 aromatic rings. The lowest BCUT2D eigenvalue weighted by molar-refractivity contribution is -0.0434.